The van der Waals surface area contributed by atoms with E-state index in [4.69, 9.17) is 4.74 Å². The van der Waals surface area contributed by atoms with Gasteiger partial charge < -0.3 is 14.5 Å². The van der Waals surface area contributed by atoms with Gasteiger partial charge in [-0.05, 0) is 43.6 Å². The van der Waals surface area contributed by atoms with E-state index in [9.17, 15) is 9.59 Å². The Morgan fingerprint density at radius 3 is 2.00 bits per heavy atom. The number of hydrogen-bond donors (Lipinski definition) is 0. The number of amides is 2. The third-order valence-electron chi connectivity index (χ3n) is 7.18. The second kappa shape index (κ2) is 10.5. The number of ether oxygens (including phenoxy) is 1. The largest absolute Gasteiger partial charge is 0.469 e. The van der Waals surface area contributed by atoms with Crippen LogP contribution in [-0.4, -0.2) is 91.3 Å². The molecule has 0 N–H and O–H groups in total. The van der Waals surface area contributed by atoms with Crippen LogP contribution in [0.1, 0.15) is 31.2 Å². The van der Waals surface area contributed by atoms with Crippen LogP contribution in [-0.2, 0) is 16.0 Å². The van der Waals surface area contributed by atoms with Crippen LogP contribution in [0.3, 0.4) is 0 Å². The van der Waals surface area contributed by atoms with Gasteiger partial charge in [-0.3, -0.25) is 4.79 Å². The van der Waals surface area contributed by atoms with Crippen LogP contribution in [0.15, 0.2) is 30.3 Å². The molecule has 7 heteroatoms. The van der Waals surface area contributed by atoms with Crippen LogP contribution < -0.4 is 0 Å². The van der Waals surface area contributed by atoms with Gasteiger partial charge in [0.15, 0.2) is 0 Å². The van der Waals surface area contributed by atoms with Crippen molar-refractivity contribution in [2.24, 2.45) is 11.8 Å². The van der Waals surface area contributed by atoms with Gasteiger partial charge in [-0.15, -0.1) is 0 Å². The standard InChI is InChI=1S/C24H36N4O3/c1-31-23(29)22-9-11-25(12-10-22)24(30)26-15-17-28(18-16-26)27-13-7-21(8-14-27)19-20-5-3-2-4-6-20/h2-6,21-22H,7-19H2,1H3. The number of carbonyl (C=O) groups is 2. The van der Waals surface area contributed by atoms with E-state index in [0.717, 1.165) is 45.2 Å². The number of rotatable bonds is 4. The number of likely N-dealkylation sites (tertiary alicyclic amines) is 1. The van der Waals surface area contributed by atoms with E-state index in [1.54, 1.807) is 0 Å². The SMILES string of the molecule is COC(=O)C1CCN(C(=O)N2CCN(N3CCC(Cc4ccccc4)CC3)CC2)CC1. The van der Waals surface area contributed by atoms with Crippen LogP contribution in [0.5, 0.6) is 0 Å². The summed E-state index contributed by atoms with van der Waals surface area (Å²) in [6.07, 6.45) is 5.07. The van der Waals surface area contributed by atoms with Crippen molar-refractivity contribution in [1.82, 2.24) is 19.8 Å². The summed E-state index contributed by atoms with van der Waals surface area (Å²) in [6.45, 7) is 6.90. The van der Waals surface area contributed by atoms with Gasteiger partial charge in [-0.2, -0.15) is 0 Å². The molecule has 0 unspecified atom stereocenters. The van der Waals surface area contributed by atoms with E-state index in [-0.39, 0.29) is 17.9 Å². The monoisotopic (exact) mass is 428 g/mol. The number of urea groups is 1. The van der Waals surface area contributed by atoms with Gasteiger partial charge >= 0.3 is 12.0 Å². The molecule has 0 bridgehead atoms. The zero-order valence-corrected chi connectivity index (χ0v) is 18.7. The van der Waals surface area contributed by atoms with Gasteiger partial charge in [0.2, 0.25) is 0 Å². The van der Waals surface area contributed by atoms with E-state index in [2.05, 4.69) is 40.3 Å². The molecule has 0 saturated carbocycles. The number of piperazine rings is 1. The molecule has 31 heavy (non-hydrogen) atoms. The second-order valence-electron chi connectivity index (χ2n) is 9.09. The first-order valence-electron chi connectivity index (χ1n) is 11.8. The lowest BCUT2D eigenvalue weighted by molar-refractivity contribution is -0.146. The summed E-state index contributed by atoms with van der Waals surface area (Å²) in [4.78, 5) is 28.5. The van der Waals surface area contributed by atoms with Crippen molar-refractivity contribution in [2.45, 2.75) is 32.1 Å². The topological polar surface area (TPSA) is 56.3 Å². The van der Waals surface area contributed by atoms with Crippen LogP contribution >= 0.6 is 0 Å². The molecule has 1 aromatic rings. The summed E-state index contributed by atoms with van der Waals surface area (Å²) in [5, 5.41) is 4.96. The number of hydrazine groups is 1. The van der Waals surface area contributed by atoms with Crippen molar-refractivity contribution in [3.63, 3.8) is 0 Å². The highest BCUT2D eigenvalue weighted by Crippen LogP contribution is 2.24. The molecule has 0 aliphatic carbocycles. The summed E-state index contributed by atoms with van der Waals surface area (Å²) in [5.74, 6) is 0.568. The van der Waals surface area contributed by atoms with Gasteiger partial charge in [-0.1, -0.05) is 30.3 Å². The Morgan fingerprint density at radius 2 is 1.39 bits per heavy atom. The molecule has 3 fully saturated rings. The Hall–Kier alpha value is -2.12. The quantitative estimate of drug-likeness (QED) is 0.690. The first-order valence-corrected chi connectivity index (χ1v) is 11.8. The van der Waals surface area contributed by atoms with Crippen molar-refractivity contribution in [3.8, 4) is 0 Å². The highest BCUT2D eigenvalue weighted by molar-refractivity contribution is 5.76. The lowest BCUT2D eigenvalue weighted by Gasteiger charge is -2.45. The molecule has 0 aromatic heterocycles. The third kappa shape index (κ3) is 5.57. The molecule has 3 heterocycles. The molecule has 0 radical (unpaired) electrons. The first-order chi connectivity index (χ1) is 15.1. The van der Waals surface area contributed by atoms with E-state index >= 15 is 0 Å². The first kappa shape index (κ1) is 22.1. The molecule has 7 nitrogen and oxygen atoms in total. The number of nitrogens with zero attached hydrogens (tertiary/aromatic N) is 4. The van der Waals surface area contributed by atoms with Crippen LogP contribution in [0.25, 0.3) is 0 Å². The Kier molecular flexibility index (Phi) is 7.45. The highest BCUT2D eigenvalue weighted by Gasteiger charge is 2.32. The minimum Gasteiger partial charge on any atom is -0.469 e. The molecule has 4 rings (SSSR count). The Bertz CT molecular complexity index is 720. The normalized spacial score (nSPS) is 22.5. The maximum atomic E-state index is 12.9. The Morgan fingerprint density at radius 1 is 0.806 bits per heavy atom. The second-order valence-corrected chi connectivity index (χ2v) is 9.09. The van der Waals surface area contributed by atoms with E-state index in [1.165, 1.54) is 31.9 Å². The number of esters is 1. The van der Waals surface area contributed by atoms with Crippen LogP contribution in [0, 0.1) is 11.8 Å². The summed E-state index contributed by atoms with van der Waals surface area (Å²) in [6, 6.07) is 10.9. The fraction of sp³-hybridized carbons (Fsp3) is 0.667. The third-order valence-corrected chi connectivity index (χ3v) is 7.18. The average molecular weight is 429 g/mol. The zero-order chi connectivity index (χ0) is 21.6. The molecular formula is C24H36N4O3. The Balaban J connectivity index is 1.17. The highest BCUT2D eigenvalue weighted by atomic mass is 16.5. The summed E-state index contributed by atoms with van der Waals surface area (Å²) in [7, 11) is 1.44. The van der Waals surface area contributed by atoms with Gasteiger partial charge in [-0.25, -0.2) is 14.8 Å². The van der Waals surface area contributed by atoms with Crippen molar-refractivity contribution < 1.29 is 14.3 Å². The van der Waals surface area contributed by atoms with Crippen LogP contribution in [0.4, 0.5) is 4.79 Å². The molecule has 170 valence electrons. The molecule has 0 spiro atoms. The Labute approximate surface area is 185 Å². The lowest BCUT2D eigenvalue weighted by atomic mass is 9.91. The van der Waals surface area contributed by atoms with Crippen molar-refractivity contribution in [2.75, 3.05) is 59.5 Å². The average Bonchev–Trinajstić information content (AvgIpc) is 2.84. The zero-order valence-electron chi connectivity index (χ0n) is 18.7. The van der Waals surface area contributed by atoms with E-state index in [1.807, 2.05) is 9.80 Å². The molecule has 3 saturated heterocycles. The molecule has 2 amide bonds. The number of piperidine rings is 2. The lowest BCUT2D eigenvalue weighted by Crippen LogP contribution is -2.58. The van der Waals surface area contributed by atoms with Gasteiger partial charge in [0.05, 0.1) is 13.0 Å². The molecule has 3 aliphatic heterocycles. The molecule has 0 atom stereocenters. The maximum absolute atomic E-state index is 12.9. The number of benzene rings is 1. The fourth-order valence-corrected chi connectivity index (χ4v) is 5.20. The van der Waals surface area contributed by atoms with E-state index in [0.29, 0.717) is 25.9 Å². The number of methoxy groups -OCH3 is 1. The summed E-state index contributed by atoms with van der Waals surface area (Å²) in [5.41, 5.74) is 1.45. The summed E-state index contributed by atoms with van der Waals surface area (Å²) >= 11 is 0. The molecule has 1 aromatic carbocycles. The number of hydrogen-bond acceptors (Lipinski definition) is 5. The minimum absolute atomic E-state index is 0.0595. The smallest absolute Gasteiger partial charge is 0.320 e. The van der Waals surface area contributed by atoms with Crippen molar-refractivity contribution >= 4 is 12.0 Å². The summed E-state index contributed by atoms with van der Waals surface area (Å²) < 4.78 is 4.84. The fourth-order valence-electron chi connectivity index (χ4n) is 5.20. The maximum Gasteiger partial charge on any atom is 0.320 e. The van der Waals surface area contributed by atoms with Crippen molar-refractivity contribution in [3.05, 3.63) is 35.9 Å². The van der Waals surface area contributed by atoms with Gasteiger partial charge in [0.25, 0.3) is 0 Å². The predicted octanol–water partition coefficient (Wildman–Crippen LogP) is 2.48. The molecule has 3 aliphatic rings. The predicted molar refractivity (Wildman–Crippen MR) is 119 cm³/mol. The molecular weight excluding hydrogens is 392 g/mol. The van der Waals surface area contributed by atoms with Gasteiger partial charge in [0.1, 0.15) is 0 Å². The minimum atomic E-state index is -0.145. The number of carbonyl (C=O) groups excluding carboxylic acids is 2. The van der Waals surface area contributed by atoms with Crippen molar-refractivity contribution in [1.29, 1.82) is 0 Å². The van der Waals surface area contributed by atoms with Crippen LogP contribution in [0.2, 0.25) is 0 Å². The van der Waals surface area contributed by atoms with Gasteiger partial charge in [0, 0.05) is 52.4 Å². The van der Waals surface area contributed by atoms with E-state index < -0.39 is 0 Å².